The molecule has 1 fully saturated rings. The van der Waals surface area contributed by atoms with Gasteiger partial charge in [0, 0.05) is 28.7 Å². The first-order chi connectivity index (χ1) is 14.4. The lowest BCUT2D eigenvalue weighted by Gasteiger charge is -2.32. The minimum Gasteiger partial charge on any atom is -0.362 e. The van der Waals surface area contributed by atoms with Crippen LogP contribution < -0.4 is 16.6 Å². The van der Waals surface area contributed by atoms with Crippen LogP contribution >= 0.6 is 11.3 Å². The minimum absolute atomic E-state index is 0.0207. The first kappa shape index (κ1) is 23.2. The van der Waals surface area contributed by atoms with Gasteiger partial charge in [0.25, 0.3) is 5.56 Å². The predicted molar refractivity (Wildman–Crippen MR) is 125 cm³/mol. The van der Waals surface area contributed by atoms with Crippen LogP contribution in [0.4, 0.5) is 0 Å². The molecule has 1 unspecified atom stereocenters. The number of aromatic amines is 1. The van der Waals surface area contributed by atoms with Crippen molar-refractivity contribution in [2.75, 3.05) is 6.73 Å². The Hall–Kier alpha value is -1.47. The van der Waals surface area contributed by atoms with Crippen molar-refractivity contribution in [2.45, 2.75) is 84.9 Å². The van der Waals surface area contributed by atoms with Crippen LogP contribution in [0.5, 0.6) is 0 Å². The number of hydrogen-bond donors (Lipinski definition) is 3. The number of rotatable bonds is 9. The van der Waals surface area contributed by atoms with Crippen molar-refractivity contribution in [3.63, 3.8) is 0 Å². The second-order valence-corrected chi connectivity index (χ2v) is 9.71. The van der Waals surface area contributed by atoms with Crippen molar-refractivity contribution in [1.29, 1.82) is 0 Å². The normalized spacial score (nSPS) is 20.4. The summed E-state index contributed by atoms with van der Waals surface area (Å²) in [5.74, 6) is 1.41. The van der Waals surface area contributed by atoms with Crippen molar-refractivity contribution in [3.8, 4) is 0 Å². The van der Waals surface area contributed by atoms with Gasteiger partial charge in [0.1, 0.15) is 0 Å². The molecular formula is C24H37N3O2S. The fourth-order valence-corrected chi connectivity index (χ4v) is 6.12. The van der Waals surface area contributed by atoms with Crippen LogP contribution in [-0.2, 0) is 17.9 Å². The number of aromatic nitrogens is 1. The molecule has 1 saturated carbocycles. The molecule has 1 atom stereocenters. The Morgan fingerprint density at radius 2 is 2.00 bits per heavy atom. The van der Waals surface area contributed by atoms with Crippen LogP contribution in [0, 0.1) is 26.7 Å². The van der Waals surface area contributed by atoms with E-state index >= 15 is 0 Å². The summed E-state index contributed by atoms with van der Waals surface area (Å²) < 4.78 is 5.88. The van der Waals surface area contributed by atoms with E-state index in [4.69, 9.17) is 10.5 Å². The quantitative estimate of drug-likeness (QED) is 0.399. The number of ether oxygens (including phenoxy) is 1. The number of aryl methyl sites for hydroxylation is 2. The molecular weight excluding hydrogens is 394 g/mol. The summed E-state index contributed by atoms with van der Waals surface area (Å²) in [6, 6.07) is 2.40. The second kappa shape index (κ2) is 10.7. The highest BCUT2D eigenvalue weighted by molar-refractivity contribution is 7.10. The van der Waals surface area contributed by atoms with E-state index < -0.39 is 0 Å². The number of nitrogens with two attached hydrogens (primary N) is 1. The third-order valence-electron chi connectivity index (χ3n) is 6.60. The van der Waals surface area contributed by atoms with E-state index in [0.717, 1.165) is 35.6 Å². The van der Waals surface area contributed by atoms with Gasteiger partial charge in [-0.2, -0.15) is 0 Å². The molecule has 0 aliphatic heterocycles. The molecule has 5 nitrogen and oxygen atoms in total. The van der Waals surface area contributed by atoms with Crippen molar-refractivity contribution in [1.82, 2.24) is 10.3 Å². The average molecular weight is 432 g/mol. The van der Waals surface area contributed by atoms with Gasteiger partial charge in [-0.25, -0.2) is 0 Å². The van der Waals surface area contributed by atoms with Crippen LogP contribution in [0.25, 0.3) is 0 Å². The monoisotopic (exact) mass is 431 g/mol. The number of H-pyrrole nitrogens is 1. The zero-order valence-electron chi connectivity index (χ0n) is 18.8. The summed E-state index contributed by atoms with van der Waals surface area (Å²) in [6.45, 7) is 9.97. The summed E-state index contributed by atoms with van der Waals surface area (Å²) >= 11 is 1.89. The Labute approximate surface area is 184 Å². The van der Waals surface area contributed by atoms with Gasteiger partial charge in [-0.1, -0.05) is 6.92 Å². The molecule has 3 rings (SSSR count). The molecule has 0 spiro atoms. The molecule has 30 heavy (non-hydrogen) atoms. The number of thiophene rings is 1. The van der Waals surface area contributed by atoms with E-state index in [1.807, 2.05) is 31.3 Å². The van der Waals surface area contributed by atoms with Gasteiger partial charge in [-0.15, -0.1) is 11.3 Å². The van der Waals surface area contributed by atoms with Gasteiger partial charge in [-0.05, 0) is 92.8 Å². The first-order valence-electron chi connectivity index (χ1n) is 11.2. The topological polar surface area (TPSA) is 80.1 Å². The van der Waals surface area contributed by atoms with Crippen molar-refractivity contribution < 1.29 is 4.74 Å². The van der Waals surface area contributed by atoms with Gasteiger partial charge >= 0.3 is 0 Å². The highest BCUT2D eigenvalue weighted by atomic mass is 32.1. The molecule has 0 aromatic carbocycles. The first-order valence-corrected chi connectivity index (χ1v) is 12.1. The maximum atomic E-state index is 12.1. The van der Waals surface area contributed by atoms with E-state index in [1.165, 1.54) is 35.3 Å². The van der Waals surface area contributed by atoms with Crippen LogP contribution in [0.1, 0.15) is 77.8 Å². The molecule has 2 heterocycles. The van der Waals surface area contributed by atoms with Crippen molar-refractivity contribution in [2.24, 2.45) is 11.7 Å². The van der Waals surface area contributed by atoms with Gasteiger partial charge in [0.15, 0.2) is 0 Å². The summed E-state index contributed by atoms with van der Waals surface area (Å²) in [6.07, 6.45) is 6.02. The van der Waals surface area contributed by atoms with Crippen LogP contribution in [-0.4, -0.2) is 17.8 Å². The molecule has 6 heteroatoms. The zero-order valence-corrected chi connectivity index (χ0v) is 19.7. The molecule has 2 aromatic heterocycles. The Balaban J connectivity index is 1.51. The summed E-state index contributed by atoms with van der Waals surface area (Å²) in [4.78, 5) is 16.5. The minimum atomic E-state index is -0.0207. The third kappa shape index (κ3) is 5.61. The van der Waals surface area contributed by atoms with E-state index in [9.17, 15) is 4.79 Å². The summed E-state index contributed by atoms with van der Waals surface area (Å²) in [5.41, 5.74) is 11.4. The molecule has 0 amide bonds. The standard InChI is InChI=1S/C24H37N3O2S/c1-5-21(18-6-8-20(25)9-7-18)23-17(4)19(13-30-23)12-29-14-26-11-22-15(2)10-16(3)27-24(22)28/h10,13,18,20-21,26H,5-9,11-12,14,25H2,1-4H3,(H,27,28). The van der Waals surface area contributed by atoms with E-state index in [0.29, 0.717) is 31.8 Å². The molecule has 0 bridgehead atoms. The summed E-state index contributed by atoms with van der Waals surface area (Å²) in [5, 5.41) is 5.50. The van der Waals surface area contributed by atoms with Crippen LogP contribution in [0.2, 0.25) is 0 Å². The number of hydrogen-bond acceptors (Lipinski definition) is 5. The van der Waals surface area contributed by atoms with E-state index in [2.05, 4.69) is 29.5 Å². The fourth-order valence-electron chi connectivity index (χ4n) is 4.77. The Bertz CT molecular complexity index is 881. The Kier molecular flexibility index (Phi) is 8.28. The molecule has 4 N–H and O–H groups in total. The SMILES string of the molecule is CCC(c1scc(COCNCc2c(C)cc(C)[nH]c2=O)c1C)C1CCC(N)CC1. The molecule has 1 aliphatic carbocycles. The average Bonchev–Trinajstić information content (AvgIpc) is 3.06. The Morgan fingerprint density at radius 1 is 1.27 bits per heavy atom. The third-order valence-corrected chi connectivity index (χ3v) is 7.86. The second-order valence-electron chi connectivity index (χ2n) is 8.80. The lowest BCUT2D eigenvalue weighted by Crippen LogP contribution is -2.28. The summed E-state index contributed by atoms with van der Waals surface area (Å²) in [7, 11) is 0. The van der Waals surface area contributed by atoms with Crippen LogP contribution in [0.3, 0.4) is 0 Å². The largest absolute Gasteiger partial charge is 0.362 e. The molecule has 1 aliphatic rings. The highest BCUT2D eigenvalue weighted by Crippen LogP contribution is 2.42. The fraction of sp³-hybridized carbons (Fsp3) is 0.625. The van der Waals surface area contributed by atoms with Crippen molar-refractivity contribution in [3.05, 3.63) is 54.6 Å². The van der Waals surface area contributed by atoms with E-state index in [-0.39, 0.29) is 5.56 Å². The molecule has 166 valence electrons. The molecule has 0 saturated heterocycles. The van der Waals surface area contributed by atoms with Crippen LogP contribution in [0.15, 0.2) is 16.2 Å². The maximum absolute atomic E-state index is 12.1. The van der Waals surface area contributed by atoms with Crippen molar-refractivity contribution >= 4 is 11.3 Å². The van der Waals surface area contributed by atoms with Gasteiger partial charge < -0.3 is 15.5 Å². The maximum Gasteiger partial charge on any atom is 0.252 e. The highest BCUT2D eigenvalue weighted by Gasteiger charge is 2.28. The Morgan fingerprint density at radius 3 is 2.67 bits per heavy atom. The van der Waals surface area contributed by atoms with Gasteiger partial charge in [0.05, 0.1) is 13.3 Å². The smallest absolute Gasteiger partial charge is 0.252 e. The van der Waals surface area contributed by atoms with Gasteiger partial charge in [-0.3, -0.25) is 10.1 Å². The van der Waals surface area contributed by atoms with Gasteiger partial charge in [0.2, 0.25) is 0 Å². The number of nitrogens with one attached hydrogen (secondary N) is 2. The predicted octanol–water partition coefficient (Wildman–Crippen LogP) is 4.64. The van der Waals surface area contributed by atoms with E-state index in [1.54, 1.807) is 0 Å². The zero-order chi connectivity index (χ0) is 21.7. The lowest BCUT2D eigenvalue weighted by molar-refractivity contribution is 0.102. The molecule has 0 radical (unpaired) electrons. The number of pyridine rings is 1. The molecule has 2 aromatic rings. The lowest BCUT2D eigenvalue weighted by atomic mass is 9.76.